The number of benzene rings is 2. The number of nitrogens with zero attached hydrogens (tertiary/aromatic N) is 3. The Hall–Kier alpha value is -3.98. The van der Waals surface area contributed by atoms with Crippen molar-refractivity contribution >= 4 is 34.3 Å². The summed E-state index contributed by atoms with van der Waals surface area (Å²) >= 11 is 0. The van der Waals surface area contributed by atoms with E-state index < -0.39 is 0 Å². The van der Waals surface area contributed by atoms with Crippen LogP contribution >= 0.6 is 0 Å². The van der Waals surface area contributed by atoms with Gasteiger partial charge in [-0.15, -0.1) is 0 Å². The van der Waals surface area contributed by atoms with Gasteiger partial charge in [-0.05, 0) is 25.5 Å². The number of ether oxygens (including phenoxy) is 2. The molecule has 9 heteroatoms. The first-order valence-electron chi connectivity index (χ1n) is 11.5. The number of methoxy groups -OCH3 is 1. The summed E-state index contributed by atoms with van der Waals surface area (Å²) in [6.07, 6.45) is 4.52. The molecule has 0 aliphatic carbocycles. The molecule has 1 saturated heterocycles. The largest absolute Gasteiger partial charge is 0.494 e. The average molecular weight is 476 g/mol. The number of amides is 1. The van der Waals surface area contributed by atoms with Crippen LogP contribution in [0.25, 0.3) is 10.9 Å². The van der Waals surface area contributed by atoms with Crippen LogP contribution in [0, 0.1) is 0 Å². The number of rotatable bonds is 8. The summed E-state index contributed by atoms with van der Waals surface area (Å²) in [5.41, 5.74) is 2.33. The number of anilines is 2. The summed E-state index contributed by atoms with van der Waals surface area (Å²) in [5, 5.41) is 7.07. The van der Waals surface area contributed by atoms with Crippen LogP contribution in [-0.4, -0.2) is 59.6 Å². The van der Waals surface area contributed by atoms with Crippen LogP contribution < -0.4 is 15.4 Å². The molecule has 2 N–H and O–H groups in total. The second-order valence-corrected chi connectivity index (χ2v) is 8.45. The predicted octanol–water partition coefficient (Wildman–Crippen LogP) is 3.55. The summed E-state index contributed by atoms with van der Waals surface area (Å²) in [6.45, 7) is 5.23. The minimum absolute atomic E-state index is 0.0205. The van der Waals surface area contributed by atoms with E-state index in [1.165, 1.54) is 12.4 Å². The lowest BCUT2D eigenvalue weighted by Gasteiger charge is -2.29. The number of morpholine rings is 1. The predicted molar refractivity (Wildman–Crippen MR) is 134 cm³/mol. The van der Waals surface area contributed by atoms with Crippen molar-refractivity contribution < 1.29 is 19.1 Å². The fourth-order valence-electron chi connectivity index (χ4n) is 4.03. The van der Waals surface area contributed by atoms with Gasteiger partial charge < -0.3 is 20.1 Å². The third-order valence-corrected chi connectivity index (χ3v) is 5.70. The summed E-state index contributed by atoms with van der Waals surface area (Å²) in [4.78, 5) is 34.9. The number of hydrogen-bond donors (Lipinski definition) is 2. The Kier molecular flexibility index (Phi) is 7.57. The molecule has 182 valence electrons. The molecule has 0 bridgehead atoms. The molecule has 1 aliphatic heterocycles. The van der Waals surface area contributed by atoms with Crippen LogP contribution in [-0.2, 0) is 14.3 Å². The zero-order chi connectivity index (χ0) is 24.8. The zero-order valence-electron chi connectivity index (χ0n) is 20.0. The average Bonchev–Trinajstić information content (AvgIpc) is 2.84. The van der Waals surface area contributed by atoms with Crippen molar-refractivity contribution in [3.8, 4) is 5.75 Å². The third kappa shape index (κ3) is 6.13. The molecular formula is C26H29N5O4. The Morgan fingerprint density at radius 2 is 2.09 bits per heavy atom. The molecule has 1 aliphatic rings. The van der Waals surface area contributed by atoms with Crippen molar-refractivity contribution in [2.75, 3.05) is 37.4 Å². The summed E-state index contributed by atoms with van der Waals surface area (Å²) in [5.74, 6) is 0.591. The van der Waals surface area contributed by atoms with Crippen LogP contribution in [0.3, 0.4) is 0 Å². The lowest BCUT2D eigenvalue weighted by Crippen LogP contribution is -2.44. The molecule has 2 heterocycles. The summed E-state index contributed by atoms with van der Waals surface area (Å²) in [6, 6.07) is 13.7. The van der Waals surface area contributed by atoms with Gasteiger partial charge in [-0.3, -0.25) is 14.5 Å². The molecule has 0 unspecified atom stereocenters. The van der Waals surface area contributed by atoms with Gasteiger partial charge in [0, 0.05) is 36.7 Å². The van der Waals surface area contributed by atoms with Gasteiger partial charge in [-0.2, -0.15) is 0 Å². The minimum atomic E-state index is -0.306. The van der Waals surface area contributed by atoms with E-state index in [9.17, 15) is 9.59 Å². The fraction of sp³-hybridized carbons (Fsp3) is 0.308. The van der Waals surface area contributed by atoms with Gasteiger partial charge in [0.05, 0.1) is 24.9 Å². The SMILES string of the molecule is COc1cc2ncnc(N[C@H](C)c3ccccc3)c2cc1NC(=O)/C=C/CN1CC(=O)O[C@H](C)C1. The van der Waals surface area contributed by atoms with E-state index in [4.69, 9.17) is 9.47 Å². The number of hydrogen-bond acceptors (Lipinski definition) is 8. The Morgan fingerprint density at radius 1 is 1.29 bits per heavy atom. The Bertz CT molecular complexity index is 1230. The van der Waals surface area contributed by atoms with Gasteiger partial charge in [0.1, 0.15) is 24.0 Å². The number of fused-ring (bicyclic) bond motifs is 1. The molecule has 0 radical (unpaired) electrons. The van der Waals surface area contributed by atoms with E-state index >= 15 is 0 Å². The van der Waals surface area contributed by atoms with Gasteiger partial charge >= 0.3 is 5.97 Å². The van der Waals surface area contributed by atoms with Crippen LogP contribution in [0.4, 0.5) is 11.5 Å². The van der Waals surface area contributed by atoms with Gasteiger partial charge in [0.15, 0.2) is 0 Å². The standard InChI is InChI=1S/C26H29N5O4/c1-17-14-31(15-25(33)35-17)11-7-10-24(32)30-22-12-20-21(13-23(22)34-3)27-16-28-26(20)29-18(2)19-8-5-4-6-9-19/h4-10,12-13,16-18H,11,14-15H2,1-3H3,(H,30,32)(H,27,28,29)/b10-7+/t17-,18-/m1/s1. The third-order valence-electron chi connectivity index (χ3n) is 5.70. The molecule has 0 spiro atoms. The highest BCUT2D eigenvalue weighted by Crippen LogP contribution is 2.33. The second-order valence-electron chi connectivity index (χ2n) is 8.45. The van der Waals surface area contributed by atoms with Crippen LogP contribution in [0.15, 0.2) is 60.9 Å². The highest BCUT2D eigenvalue weighted by molar-refractivity contribution is 6.03. The normalized spacial score (nSPS) is 17.2. The maximum atomic E-state index is 12.6. The number of carbonyl (C=O) groups excluding carboxylic acids is 2. The van der Waals surface area contributed by atoms with E-state index in [0.717, 1.165) is 10.9 Å². The lowest BCUT2D eigenvalue weighted by molar-refractivity contribution is -0.156. The van der Waals surface area contributed by atoms with Crippen molar-refractivity contribution in [2.24, 2.45) is 0 Å². The van der Waals surface area contributed by atoms with Crippen LogP contribution in [0.5, 0.6) is 5.75 Å². The molecule has 9 nitrogen and oxygen atoms in total. The van der Waals surface area contributed by atoms with Gasteiger partial charge in [-0.1, -0.05) is 36.4 Å². The maximum absolute atomic E-state index is 12.6. The summed E-state index contributed by atoms with van der Waals surface area (Å²) < 4.78 is 10.6. The molecule has 35 heavy (non-hydrogen) atoms. The Morgan fingerprint density at radius 3 is 2.83 bits per heavy atom. The van der Waals surface area contributed by atoms with Gasteiger partial charge in [0.2, 0.25) is 5.91 Å². The first kappa shape index (κ1) is 24.2. The molecular weight excluding hydrogens is 446 g/mol. The molecule has 2 aromatic carbocycles. The molecule has 1 amide bonds. The number of nitrogens with one attached hydrogen (secondary N) is 2. The van der Waals surface area contributed by atoms with Crippen molar-refractivity contribution in [1.29, 1.82) is 0 Å². The molecule has 2 atom stereocenters. The molecule has 0 saturated carbocycles. The van der Waals surface area contributed by atoms with Crippen molar-refractivity contribution in [3.63, 3.8) is 0 Å². The monoisotopic (exact) mass is 475 g/mol. The van der Waals surface area contributed by atoms with Gasteiger partial charge in [-0.25, -0.2) is 9.97 Å². The number of carbonyl (C=O) groups is 2. The topological polar surface area (TPSA) is 106 Å². The van der Waals surface area contributed by atoms with Crippen molar-refractivity contribution in [1.82, 2.24) is 14.9 Å². The van der Waals surface area contributed by atoms with Crippen molar-refractivity contribution in [3.05, 3.63) is 66.5 Å². The second kappa shape index (κ2) is 11.0. The molecule has 4 rings (SSSR count). The number of aromatic nitrogens is 2. The van der Waals surface area contributed by atoms with Crippen molar-refractivity contribution in [2.45, 2.75) is 26.0 Å². The molecule has 1 fully saturated rings. The first-order valence-corrected chi connectivity index (χ1v) is 11.5. The van der Waals surface area contributed by atoms with Crippen LogP contribution in [0.2, 0.25) is 0 Å². The highest BCUT2D eigenvalue weighted by atomic mass is 16.5. The fourth-order valence-corrected chi connectivity index (χ4v) is 4.03. The Balaban J connectivity index is 1.50. The van der Waals surface area contributed by atoms with E-state index in [0.29, 0.717) is 35.9 Å². The maximum Gasteiger partial charge on any atom is 0.320 e. The zero-order valence-corrected chi connectivity index (χ0v) is 20.0. The van der Waals surface area contributed by atoms with E-state index in [1.54, 1.807) is 19.3 Å². The number of cyclic esters (lactones) is 1. The quantitative estimate of drug-likeness (QED) is 0.376. The molecule has 3 aromatic rings. The van der Waals surface area contributed by atoms with Crippen LogP contribution in [0.1, 0.15) is 25.5 Å². The first-order chi connectivity index (χ1) is 16.9. The highest BCUT2D eigenvalue weighted by Gasteiger charge is 2.22. The minimum Gasteiger partial charge on any atom is -0.494 e. The summed E-state index contributed by atoms with van der Waals surface area (Å²) in [7, 11) is 1.54. The Labute approximate surface area is 204 Å². The van der Waals surface area contributed by atoms with Gasteiger partial charge in [0.25, 0.3) is 0 Å². The molecule has 1 aromatic heterocycles. The lowest BCUT2D eigenvalue weighted by atomic mass is 10.1. The van der Waals surface area contributed by atoms with E-state index in [2.05, 4.69) is 39.7 Å². The van der Waals surface area contributed by atoms with E-state index in [-0.39, 0.29) is 30.6 Å². The van der Waals surface area contributed by atoms with E-state index in [1.807, 2.05) is 36.1 Å². The smallest absolute Gasteiger partial charge is 0.320 e. The number of esters is 1.